The number of likely N-dealkylation sites (tertiary alicyclic amines) is 2. The lowest BCUT2D eigenvalue weighted by molar-refractivity contribution is -0.959. The average molecular weight is 795 g/mol. The number of quaternary nitrogens is 2. The van der Waals surface area contributed by atoms with Gasteiger partial charge in [-0.25, -0.2) is 0 Å². The maximum Gasteiger partial charge on any atom is 0.315 e. The molecule has 10 atom stereocenters. The van der Waals surface area contributed by atoms with Crippen LogP contribution in [0.1, 0.15) is 113 Å². The smallest absolute Gasteiger partial charge is 0.315 e. The summed E-state index contributed by atoms with van der Waals surface area (Å²) in [5.74, 6) is 3.07. The predicted octanol–water partition coefficient (Wildman–Crippen LogP) is 7.58. The van der Waals surface area contributed by atoms with E-state index in [-0.39, 0.29) is 40.8 Å². The summed E-state index contributed by atoms with van der Waals surface area (Å²) in [6.45, 7) is 22.9. The van der Waals surface area contributed by atoms with Crippen molar-refractivity contribution in [3.05, 3.63) is 69.8 Å². The van der Waals surface area contributed by atoms with Crippen molar-refractivity contribution in [3.8, 4) is 11.5 Å². The number of rotatable bonds is 4. The summed E-state index contributed by atoms with van der Waals surface area (Å²) in [6.07, 6.45) is 7.49. The number of Topliss-reactive ketones (excluding diaryl/α,β-unsaturated/α-hetero) is 1. The summed E-state index contributed by atoms with van der Waals surface area (Å²) in [5.41, 5.74) is 8.17. The molecule has 9 heteroatoms. The Bertz CT molecular complexity index is 1980. The standard InChI is InChI=1S/C25H34NO3.C24H32NO4/c1-15-7-9-17-13-19-18-10-8-16(2)22-25(18,20(17)21(15)29-22)11-12-26(19,6)14-28-23(27)24(3,4)5;1-14-6-7-15-12-17-16-8-9-18(26)21-24(16,19(15)20(14)29-21)10-11-25(17,5)13-28-22(27)23(2,3)4/h7,9,18-19,22H,2,8,10-14H2,1,3-6H3;6-7,16-17,21H,8-13H2,1-5H3/q2*+1/t18-,19?,22-,25-,26+;16-,17?,21-,24-,25-/m00/s1. The van der Waals surface area contributed by atoms with E-state index in [0.29, 0.717) is 43.8 Å². The molecule has 2 aromatic carbocycles. The summed E-state index contributed by atoms with van der Waals surface area (Å²) < 4.78 is 26.3. The van der Waals surface area contributed by atoms with Gasteiger partial charge >= 0.3 is 11.9 Å². The quantitative estimate of drug-likeness (QED) is 0.179. The van der Waals surface area contributed by atoms with Gasteiger partial charge in [-0.3, -0.25) is 23.3 Å². The van der Waals surface area contributed by atoms with E-state index >= 15 is 0 Å². The maximum absolute atomic E-state index is 12.9. The van der Waals surface area contributed by atoms with Crippen LogP contribution in [-0.2, 0) is 47.5 Å². The number of piperidine rings is 2. The van der Waals surface area contributed by atoms with E-state index in [4.69, 9.17) is 18.9 Å². The molecule has 2 saturated carbocycles. The molecule has 0 aromatic heterocycles. The Labute approximate surface area is 345 Å². The van der Waals surface area contributed by atoms with E-state index in [1.54, 1.807) is 0 Å². The summed E-state index contributed by atoms with van der Waals surface area (Å²) >= 11 is 0. The molecule has 58 heavy (non-hydrogen) atoms. The first kappa shape index (κ1) is 39.8. The Hall–Kier alpha value is -3.69. The first-order chi connectivity index (χ1) is 27.2. The van der Waals surface area contributed by atoms with Crippen LogP contribution in [0.4, 0.5) is 0 Å². The number of hydrogen-bond acceptors (Lipinski definition) is 7. The molecule has 312 valence electrons. The van der Waals surface area contributed by atoms with Gasteiger partial charge in [-0.2, -0.15) is 0 Å². The molecule has 2 spiro atoms. The van der Waals surface area contributed by atoms with Crippen LogP contribution in [0.3, 0.4) is 0 Å². The number of benzene rings is 2. The van der Waals surface area contributed by atoms with Gasteiger partial charge in [-0.05, 0) is 102 Å². The number of carbonyl (C=O) groups excluding carboxylic acids is 3. The van der Waals surface area contributed by atoms with Crippen molar-refractivity contribution in [1.82, 2.24) is 0 Å². The van der Waals surface area contributed by atoms with Crippen LogP contribution in [0.25, 0.3) is 0 Å². The Morgan fingerprint density at radius 3 is 1.62 bits per heavy atom. The summed E-state index contributed by atoms with van der Waals surface area (Å²) in [4.78, 5) is 37.8. The van der Waals surface area contributed by atoms with Crippen molar-refractivity contribution in [2.75, 3.05) is 40.6 Å². The zero-order valence-corrected chi connectivity index (χ0v) is 36.7. The van der Waals surface area contributed by atoms with E-state index < -0.39 is 10.8 Å². The molecule has 4 fully saturated rings. The number of ketones is 1. The molecule has 2 aromatic rings. The molecule has 0 amide bonds. The maximum atomic E-state index is 12.9. The molecule has 9 nitrogen and oxygen atoms in total. The van der Waals surface area contributed by atoms with Crippen molar-refractivity contribution in [1.29, 1.82) is 0 Å². The van der Waals surface area contributed by atoms with Crippen LogP contribution in [-0.4, -0.2) is 91.6 Å². The van der Waals surface area contributed by atoms with Crippen molar-refractivity contribution >= 4 is 17.7 Å². The van der Waals surface area contributed by atoms with Gasteiger partial charge in [0.2, 0.25) is 13.5 Å². The van der Waals surface area contributed by atoms with E-state index in [1.807, 2.05) is 41.5 Å². The second-order valence-electron chi connectivity index (χ2n) is 22.1. The summed E-state index contributed by atoms with van der Waals surface area (Å²) in [5, 5.41) is 0. The van der Waals surface area contributed by atoms with Crippen molar-refractivity contribution in [2.45, 2.75) is 142 Å². The largest absolute Gasteiger partial charge is 0.485 e. The van der Waals surface area contributed by atoms with Crippen molar-refractivity contribution < 1.29 is 42.3 Å². The number of hydrogen-bond donors (Lipinski definition) is 0. The van der Waals surface area contributed by atoms with Crippen LogP contribution >= 0.6 is 0 Å². The highest BCUT2D eigenvalue weighted by molar-refractivity contribution is 5.89. The second-order valence-corrected chi connectivity index (χ2v) is 22.1. The number of carbonyl (C=O) groups is 3. The lowest BCUT2D eigenvalue weighted by Crippen LogP contribution is -2.72. The number of ether oxygens (including phenoxy) is 4. The minimum atomic E-state index is -0.497. The summed E-state index contributed by atoms with van der Waals surface area (Å²) in [7, 11) is 4.52. The van der Waals surface area contributed by atoms with Crippen LogP contribution in [0.2, 0.25) is 0 Å². The molecule has 2 unspecified atom stereocenters. The van der Waals surface area contributed by atoms with Crippen molar-refractivity contribution in [3.63, 3.8) is 0 Å². The van der Waals surface area contributed by atoms with Gasteiger partial charge in [-0.1, -0.05) is 30.8 Å². The predicted molar refractivity (Wildman–Crippen MR) is 221 cm³/mol. The Balaban J connectivity index is 0.000000150. The SMILES string of the molecule is C=C1CC[C@H]2C3Cc4ccc(C)c5c4[C@@]2(CC[N@+]3(C)COC(=O)C(C)(C)C)[C@H]1O5.Cc1ccc2c3c1O[C@H]1C(=O)CC[C@H]4C(C2)[N@+](C)(COC(=O)C(C)(C)C)CC[C@]314. The molecule has 4 heterocycles. The Morgan fingerprint density at radius 1 is 0.724 bits per heavy atom. The van der Waals surface area contributed by atoms with Gasteiger partial charge in [0, 0.05) is 55.1 Å². The Kier molecular flexibility index (Phi) is 8.85. The fourth-order valence-electron chi connectivity index (χ4n) is 13.2. The molecule has 0 radical (unpaired) electrons. The number of aryl methyl sites for hydroxylation is 2. The first-order valence-electron chi connectivity index (χ1n) is 22.0. The highest BCUT2D eigenvalue weighted by Crippen LogP contribution is 2.65. The van der Waals surface area contributed by atoms with Crippen molar-refractivity contribution in [2.24, 2.45) is 22.7 Å². The van der Waals surface area contributed by atoms with E-state index in [2.05, 4.69) is 58.8 Å². The van der Waals surface area contributed by atoms with E-state index in [1.165, 1.54) is 33.4 Å². The molecular weight excluding hydrogens is 729 g/mol. The third-order valence-electron chi connectivity index (χ3n) is 16.4. The molecule has 4 bridgehead atoms. The van der Waals surface area contributed by atoms with Gasteiger partial charge in [0.1, 0.15) is 17.6 Å². The number of likely N-dealkylation sites (N-methyl/N-ethyl adjacent to an activating group) is 2. The van der Waals surface area contributed by atoms with Crippen LogP contribution in [0.5, 0.6) is 11.5 Å². The zero-order valence-electron chi connectivity index (χ0n) is 36.7. The fraction of sp³-hybridized carbons (Fsp3) is 0.653. The highest BCUT2D eigenvalue weighted by atomic mass is 16.6. The first-order valence-corrected chi connectivity index (χ1v) is 22.0. The number of esters is 2. The topological polar surface area (TPSA) is 88.1 Å². The lowest BCUT2D eigenvalue weighted by Gasteiger charge is -2.60. The third kappa shape index (κ3) is 5.50. The average Bonchev–Trinajstić information content (AvgIpc) is 3.71. The third-order valence-corrected chi connectivity index (χ3v) is 16.4. The normalized spacial score (nSPS) is 37.0. The highest BCUT2D eigenvalue weighted by Gasteiger charge is 2.70. The van der Waals surface area contributed by atoms with Gasteiger partial charge in [0.25, 0.3) is 0 Å². The molecule has 2 saturated heterocycles. The van der Waals surface area contributed by atoms with Gasteiger partial charge in [0.15, 0.2) is 11.9 Å². The Morgan fingerprint density at radius 2 is 1.16 bits per heavy atom. The molecular formula is C49H66N2O7+2. The van der Waals surface area contributed by atoms with Gasteiger partial charge in [0.05, 0.1) is 60.9 Å². The minimum absolute atomic E-state index is 0.0702. The second kappa shape index (κ2) is 12.9. The van der Waals surface area contributed by atoms with E-state index in [9.17, 15) is 14.4 Å². The van der Waals surface area contributed by atoms with E-state index in [0.717, 1.165) is 84.1 Å². The van der Waals surface area contributed by atoms with Gasteiger partial charge in [-0.15, -0.1) is 0 Å². The summed E-state index contributed by atoms with van der Waals surface area (Å²) in [6, 6.07) is 9.70. The molecule has 4 aliphatic carbocycles. The lowest BCUT2D eigenvalue weighted by atomic mass is 9.50. The fourth-order valence-corrected chi connectivity index (χ4v) is 13.2. The monoisotopic (exact) mass is 794 g/mol. The van der Waals surface area contributed by atoms with Crippen LogP contribution < -0.4 is 9.47 Å². The molecule has 10 rings (SSSR count). The molecule has 0 N–H and O–H groups in total. The number of nitrogens with zero attached hydrogens (tertiary/aromatic N) is 2. The van der Waals surface area contributed by atoms with Gasteiger partial charge < -0.3 is 18.9 Å². The zero-order chi connectivity index (χ0) is 41.5. The minimum Gasteiger partial charge on any atom is -0.485 e. The van der Waals surface area contributed by atoms with Crippen LogP contribution in [0, 0.1) is 36.5 Å². The van der Waals surface area contributed by atoms with Crippen LogP contribution in [0.15, 0.2) is 36.4 Å². The molecule has 4 aliphatic heterocycles. The molecule has 8 aliphatic rings.